The van der Waals surface area contributed by atoms with Crippen LogP contribution in [0.1, 0.15) is 12.5 Å². The fourth-order valence-corrected chi connectivity index (χ4v) is 2.11. The highest BCUT2D eigenvalue weighted by molar-refractivity contribution is 5.93. The zero-order valence-corrected chi connectivity index (χ0v) is 14.5. The van der Waals surface area contributed by atoms with Gasteiger partial charge in [0.1, 0.15) is 24.2 Å². The molecule has 0 fully saturated rings. The average Bonchev–Trinajstić information content (AvgIpc) is 2.65. The molecular weight excluding hydrogens is 320 g/mol. The smallest absolute Gasteiger partial charge is 0.253 e. The maximum Gasteiger partial charge on any atom is 0.253 e. The summed E-state index contributed by atoms with van der Waals surface area (Å²) in [5, 5.41) is 2.81. The third-order valence-corrected chi connectivity index (χ3v) is 3.51. The van der Waals surface area contributed by atoms with Crippen molar-refractivity contribution in [3.63, 3.8) is 0 Å². The van der Waals surface area contributed by atoms with E-state index in [-0.39, 0.29) is 5.91 Å². The van der Waals surface area contributed by atoms with Gasteiger partial charge < -0.3 is 25.3 Å². The number of ether oxygens (including phenoxy) is 3. The topological polar surface area (TPSA) is 82.8 Å². The van der Waals surface area contributed by atoms with Crippen LogP contribution in [0.2, 0.25) is 0 Å². The van der Waals surface area contributed by atoms with E-state index in [1.54, 1.807) is 38.3 Å². The number of nitrogens with one attached hydrogen (secondary N) is 1. The Bertz CT molecular complexity index is 673. The van der Waals surface area contributed by atoms with E-state index < -0.39 is 6.10 Å². The molecule has 0 aliphatic carbocycles. The third-order valence-electron chi connectivity index (χ3n) is 3.51. The van der Waals surface area contributed by atoms with Crippen molar-refractivity contribution in [2.24, 2.45) is 5.73 Å². The van der Waals surface area contributed by atoms with Crippen LogP contribution in [0.3, 0.4) is 0 Å². The Hall–Kier alpha value is -2.57. The lowest BCUT2D eigenvalue weighted by atomic mass is 10.2. The van der Waals surface area contributed by atoms with Crippen molar-refractivity contribution in [2.75, 3.05) is 25.6 Å². The van der Waals surface area contributed by atoms with Gasteiger partial charge in [0.25, 0.3) is 5.91 Å². The van der Waals surface area contributed by atoms with Gasteiger partial charge in [0.15, 0.2) is 0 Å². The van der Waals surface area contributed by atoms with Crippen molar-refractivity contribution in [3.05, 3.63) is 54.1 Å². The first-order chi connectivity index (χ1) is 12.1. The largest absolute Gasteiger partial charge is 0.497 e. The van der Waals surface area contributed by atoms with Crippen LogP contribution in [0.25, 0.3) is 0 Å². The fourth-order valence-electron chi connectivity index (χ4n) is 2.11. The van der Waals surface area contributed by atoms with Gasteiger partial charge in [-0.25, -0.2) is 0 Å². The molecule has 0 aromatic heterocycles. The molecule has 2 aromatic carbocycles. The molecule has 6 heteroatoms. The van der Waals surface area contributed by atoms with Gasteiger partial charge in [-0.05, 0) is 48.9 Å². The molecule has 0 saturated heterocycles. The number of carbonyl (C=O) groups excluding carboxylic acids is 1. The minimum absolute atomic E-state index is 0.210. The Kier molecular flexibility index (Phi) is 7.25. The summed E-state index contributed by atoms with van der Waals surface area (Å²) < 4.78 is 16.2. The molecule has 2 aromatic rings. The molecule has 2 rings (SSSR count). The first-order valence-electron chi connectivity index (χ1n) is 8.10. The minimum Gasteiger partial charge on any atom is -0.497 e. The van der Waals surface area contributed by atoms with Crippen molar-refractivity contribution in [2.45, 2.75) is 19.6 Å². The molecule has 0 saturated carbocycles. The van der Waals surface area contributed by atoms with E-state index in [4.69, 9.17) is 19.9 Å². The molecule has 134 valence electrons. The number of amides is 1. The summed E-state index contributed by atoms with van der Waals surface area (Å²) in [6.07, 6.45) is -0.584. The summed E-state index contributed by atoms with van der Waals surface area (Å²) in [5.74, 6) is 1.26. The highest BCUT2D eigenvalue weighted by Gasteiger charge is 2.14. The van der Waals surface area contributed by atoms with Crippen molar-refractivity contribution >= 4 is 11.6 Å². The molecule has 0 radical (unpaired) electrons. The zero-order valence-electron chi connectivity index (χ0n) is 14.5. The van der Waals surface area contributed by atoms with Crippen LogP contribution in [0, 0.1) is 0 Å². The zero-order chi connectivity index (χ0) is 18.1. The lowest BCUT2D eigenvalue weighted by Gasteiger charge is -2.14. The van der Waals surface area contributed by atoms with Crippen LogP contribution in [-0.2, 0) is 16.1 Å². The average molecular weight is 344 g/mol. The van der Waals surface area contributed by atoms with E-state index in [2.05, 4.69) is 5.32 Å². The lowest BCUT2D eigenvalue weighted by molar-refractivity contribution is -0.127. The SMILES string of the molecule is COc1cccc(COC(C)C(=O)Nc2ccc(OCCN)cc2)c1. The molecule has 0 aliphatic rings. The number of carbonyl (C=O) groups is 1. The van der Waals surface area contributed by atoms with E-state index in [1.165, 1.54) is 0 Å². The van der Waals surface area contributed by atoms with E-state index in [9.17, 15) is 4.79 Å². The summed E-state index contributed by atoms with van der Waals surface area (Å²) in [4.78, 5) is 12.2. The van der Waals surface area contributed by atoms with Gasteiger partial charge in [-0.15, -0.1) is 0 Å². The highest BCUT2D eigenvalue weighted by atomic mass is 16.5. The summed E-state index contributed by atoms with van der Waals surface area (Å²) in [7, 11) is 1.61. The summed E-state index contributed by atoms with van der Waals surface area (Å²) >= 11 is 0. The molecule has 6 nitrogen and oxygen atoms in total. The number of benzene rings is 2. The van der Waals surface area contributed by atoms with Crippen molar-refractivity contribution in [1.29, 1.82) is 0 Å². The van der Waals surface area contributed by atoms with Crippen LogP contribution in [-0.4, -0.2) is 32.3 Å². The number of hydrogen-bond acceptors (Lipinski definition) is 5. The molecule has 1 unspecified atom stereocenters. The Balaban J connectivity index is 1.83. The second-order valence-electron chi connectivity index (χ2n) is 5.46. The Labute approximate surface area is 147 Å². The van der Waals surface area contributed by atoms with Crippen LogP contribution in [0.15, 0.2) is 48.5 Å². The van der Waals surface area contributed by atoms with Gasteiger partial charge in [0.2, 0.25) is 0 Å². The second-order valence-corrected chi connectivity index (χ2v) is 5.46. The molecular formula is C19H24N2O4. The Morgan fingerprint density at radius 1 is 1.16 bits per heavy atom. The van der Waals surface area contributed by atoms with Crippen molar-refractivity contribution in [3.8, 4) is 11.5 Å². The third kappa shape index (κ3) is 6.10. The molecule has 0 spiro atoms. The standard InChI is InChI=1S/C19H24N2O4/c1-14(25-13-15-4-3-5-18(12-15)23-2)19(22)21-16-6-8-17(9-7-16)24-11-10-20/h3-9,12,14H,10-11,13,20H2,1-2H3,(H,21,22). The van der Waals surface area contributed by atoms with Crippen LogP contribution in [0.4, 0.5) is 5.69 Å². The van der Waals surface area contributed by atoms with Crippen molar-refractivity contribution in [1.82, 2.24) is 0 Å². The van der Waals surface area contributed by atoms with Gasteiger partial charge in [-0.1, -0.05) is 12.1 Å². The maximum absolute atomic E-state index is 12.2. The predicted molar refractivity (Wildman–Crippen MR) is 96.9 cm³/mol. The predicted octanol–water partition coefficient (Wildman–Crippen LogP) is 2.58. The lowest BCUT2D eigenvalue weighted by Crippen LogP contribution is -2.27. The number of rotatable bonds is 9. The van der Waals surface area contributed by atoms with Gasteiger partial charge in [0.05, 0.1) is 13.7 Å². The summed E-state index contributed by atoms with van der Waals surface area (Å²) in [5.41, 5.74) is 7.02. The number of hydrogen-bond donors (Lipinski definition) is 2. The number of methoxy groups -OCH3 is 1. The molecule has 1 amide bonds. The molecule has 25 heavy (non-hydrogen) atoms. The molecule has 0 heterocycles. The Morgan fingerprint density at radius 2 is 1.92 bits per heavy atom. The minimum atomic E-state index is -0.584. The van der Waals surface area contributed by atoms with Crippen LogP contribution < -0.4 is 20.5 Å². The second kappa shape index (κ2) is 9.66. The maximum atomic E-state index is 12.2. The number of nitrogens with two attached hydrogens (primary N) is 1. The summed E-state index contributed by atoms with van der Waals surface area (Å²) in [6, 6.07) is 14.7. The molecule has 0 bridgehead atoms. The summed E-state index contributed by atoms with van der Waals surface area (Å²) in [6.45, 7) is 2.97. The molecule has 3 N–H and O–H groups in total. The van der Waals surface area contributed by atoms with Crippen LogP contribution in [0.5, 0.6) is 11.5 Å². The fraction of sp³-hybridized carbons (Fsp3) is 0.316. The quantitative estimate of drug-likeness (QED) is 0.730. The van der Waals surface area contributed by atoms with E-state index >= 15 is 0 Å². The highest BCUT2D eigenvalue weighted by Crippen LogP contribution is 2.17. The molecule has 1 atom stereocenters. The first kappa shape index (κ1) is 18.8. The van der Waals surface area contributed by atoms with Gasteiger partial charge in [-0.3, -0.25) is 4.79 Å². The normalized spacial score (nSPS) is 11.6. The van der Waals surface area contributed by atoms with E-state index in [0.717, 1.165) is 11.3 Å². The number of anilines is 1. The van der Waals surface area contributed by atoms with E-state index in [0.29, 0.717) is 31.2 Å². The Morgan fingerprint density at radius 3 is 2.60 bits per heavy atom. The van der Waals surface area contributed by atoms with Gasteiger partial charge in [-0.2, -0.15) is 0 Å². The van der Waals surface area contributed by atoms with E-state index in [1.807, 2.05) is 24.3 Å². The molecule has 0 aliphatic heterocycles. The van der Waals surface area contributed by atoms with Crippen molar-refractivity contribution < 1.29 is 19.0 Å². The van der Waals surface area contributed by atoms with Gasteiger partial charge in [0, 0.05) is 12.2 Å². The van der Waals surface area contributed by atoms with Gasteiger partial charge >= 0.3 is 0 Å². The van der Waals surface area contributed by atoms with Crippen LogP contribution >= 0.6 is 0 Å². The first-order valence-corrected chi connectivity index (χ1v) is 8.10. The monoisotopic (exact) mass is 344 g/mol.